The van der Waals surface area contributed by atoms with Gasteiger partial charge in [-0.15, -0.1) is 0 Å². The van der Waals surface area contributed by atoms with Crippen LogP contribution in [0.4, 0.5) is 17.6 Å². The number of halogens is 4. The summed E-state index contributed by atoms with van der Waals surface area (Å²) in [5.41, 5.74) is 1.53. The van der Waals surface area contributed by atoms with Gasteiger partial charge in [0.1, 0.15) is 12.2 Å². The van der Waals surface area contributed by atoms with Crippen LogP contribution in [0.3, 0.4) is 0 Å². The minimum atomic E-state index is -1.64. The van der Waals surface area contributed by atoms with Crippen LogP contribution in [0.25, 0.3) is 11.0 Å². The Morgan fingerprint density at radius 1 is 1.00 bits per heavy atom. The highest BCUT2D eigenvalue weighted by Crippen LogP contribution is 2.29. The first-order valence-electron chi connectivity index (χ1n) is 7.28. The molecule has 0 aliphatic heterocycles. The first-order valence-corrected chi connectivity index (χ1v) is 7.28. The van der Waals surface area contributed by atoms with Crippen molar-refractivity contribution in [2.24, 2.45) is 0 Å². The number of ether oxygens (including phenoxy) is 1. The van der Waals surface area contributed by atoms with Crippen LogP contribution in [0.5, 0.6) is 5.75 Å². The summed E-state index contributed by atoms with van der Waals surface area (Å²) in [6.45, 7) is 3.12. The van der Waals surface area contributed by atoms with Crippen LogP contribution in [0, 0.1) is 37.1 Å². The van der Waals surface area contributed by atoms with Crippen LogP contribution in [0.15, 0.2) is 33.5 Å². The van der Waals surface area contributed by atoms with Crippen LogP contribution in [0.1, 0.15) is 16.7 Å². The molecule has 3 nitrogen and oxygen atoms in total. The Hall–Kier alpha value is -2.83. The number of aryl methyl sites for hydroxylation is 2. The second-order valence-electron chi connectivity index (χ2n) is 5.56. The van der Waals surface area contributed by atoms with Gasteiger partial charge in [-0.05, 0) is 25.0 Å². The third-order valence-corrected chi connectivity index (χ3v) is 3.96. The number of hydrogen-bond donors (Lipinski definition) is 0. The third kappa shape index (κ3) is 2.97. The Kier molecular flexibility index (Phi) is 4.24. The molecule has 0 radical (unpaired) electrons. The molecule has 0 fully saturated rings. The van der Waals surface area contributed by atoms with Gasteiger partial charge in [-0.2, -0.15) is 8.78 Å². The molecule has 3 aromatic rings. The zero-order valence-corrected chi connectivity index (χ0v) is 13.3. The molecule has 0 N–H and O–H groups in total. The van der Waals surface area contributed by atoms with Gasteiger partial charge >= 0.3 is 5.63 Å². The van der Waals surface area contributed by atoms with E-state index < -0.39 is 41.3 Å². The van der Waals surface area contributed by atoms with Gasteiger partial charge in [-0.3, -0.25) is 0 Å². The van der Waals surface area contributed by atoms with E-state index >= 15 is 0 Å². The fraction of sp³-hybridized carbons (Fsp3) is 0.167. The molecule has 0 aliphatic rings. The van der Waals surface area contributed by atoms with Crippen molar-refractivity contribution in [2.45, 2.75) is 20.5 Å². The maximum atomic E-state index is 13.7. The highest BCUT2D eigenvalue weighted by Gasteiger charge is 2.21. The highest BCUT2D eigenvalue weighted by atomic mass is 19.2. The largest absolute Gasteiger partial charge is 0.483 e. The highest BCUT2D eigenvalue weighted by molar-refractivity contribution is 5.83. The lowest BCUT2D eigenvalue weighted by molar-refractivity contribution is 0.262. The summed E-state index contributed by atoms with van der Waals surface area (Å²) in [4.78, 5) is 11.7. The number of benzene rings is 2. The SMILES string of the molecule is Cc1ccc2c(COc3c(F)c(F)cc(F)c3F)cc(=O)oc2c1C. The normalized spacial score (nSPS) is 11.1. The van der Waals surface area contributed by atoms with Crippen LogP contribution < -0.4 is 10.4 Å². The minimum absolute atomic E-state index is 0.0935. The number of hydrogen-bond acceptors (Lipinski definition) is 3. The molecule has 0 aliphatic carbocycles. The van der Waals surface area contributed by atoms with Crippen LogP contribution >= 0.6 is 0 Å². The van der Waals surface area contributed by atoms with Crippen molar-refractivity contribution in [1.29, 1.82) is 0 Å². The number of fused-ring (bicyclic) bond motifs is 1. The molecule has 0 saturated carbocycles. The summed E-state index contributed by atoms with van der Waals surface area (Å²) < 4.78 is 63.9. The van der Waals surface area contributed by atoms with Gasteiger partial charge in [0.25, 0.3) is 0 Å². The summed E-state index contributed by atoms with van der Waals surface area (Å²) in [5.74, 6) is -7.60. The van der Waals surface area contributed by atoms with Gasteiger partial charge in [0.05, 0.1) is 0 Å². The van der Waals surface area contributed by atoms with Crippen molar-refractivity contribution in [1.82, 2.24) is 0 Å². The zero-order valence-electron chi connectivity index (χ0n) is 13.3. The summed E-state index contributed by atoms with van der Waals surface area (Å²) in [7, 11) is 0. The molecule has 2 aromatic carbocycles. The first kappa shape index (κ1) is 17.0. The van der Waals surface area contributed by atoms with E-state index in [1.165, 1.54) is 0 Å². The molecule has 25 heavy (non-hydrogen) atoms. The lowest BCUT2D eigenvalue weighted by Gasteiger charge is -2.12. The van der Waals surface area contributed by atoms with E-state index in [0.29, 0.717) is 11.0 Å². The van der Waals surface area contributed by atoms with Crippen molar-refractivity contribution in [3.05, 3.63) is 74.6 Å². The molecule has 0 saturated heterocycles. The summed E-state index contributed by atoms with van der Waals surface area (Å²) in [5, 5.41) is 0.500. The van der Waals surface area contributed by atoms with Crippen LogP contribution in [0.2, 0.25) is 0 Å². The molecule has 0 bridgehead atoms. The fourth-order valence-corrected chi connectivity index (χ4v) is 2.47. The summed E-state index contributed by atoms with van der Waals surface area (Å²) >= 11 is 0. The molecule has 3 rings (SSSR count). The fourth-order valence-electron chi connectivity index (χ4n) is 2.47. The molecule has 0 amide bonds. The van der Waals surface area contributed by atoms with Gasteiger partial charge < -0.3 is 9.15 Å². The van der Waals surface area contributed by atoms with Crippen molar-refractivity contribution in [3.63, 3.8) is 0 Å². The molecule has 130 valence electrons. The molecular formula is C18H12F4O3. The van der Waals surface area contributed by atoms with E-state index in [2.05, 4.69) is 0 Å². The van der Waals surface area contributed by atoms with Crippen LogP contribution in [-0.4, -0.2) is 0 Å². The number of rotatable bonds is 3. The van der Waals surface area contributed by atoms with E-state index in [0.717, 1.165) is 17.2 Å². The summed E-state index contributed by atoms with van der Waals surface area (Å²) in [6.07, 6.45) is 0. The molecule has 1 aromatic heterocycles. The zero-order chi connectivity index (χ0) is 18.3. The van der Waals surface area contributed by atoms with E-state index in [9.17, 15) is 22.4 Å². The first-order chi connectivity index (χ1) is 11.8. The van der Waals surface area contributed by atoms with E-state index in [-0.39, 0.29) is 11.6 Å². The molecule has 7 heteroatoms. The average molecular weight is 352 g/mol. The Morgan fingerprint density at radius 3 is 2.28 bits per heavy atom. The monoisotopic (exact) mass is 352 g/mol. The van der Waals surface area contributed by atoms with Gasteiger partial charge in [0.2, 0.25) is 11.6 Å². The Labute approximate surface area is 139 Å². The lowest BCUT2D eigenvalue weighted by atomic mass is 10.0. The summed E-state index contributed by atoms with van der Waals surface area (Å²) in [6, 6.07) is 4.64. The van der Waals surface area contributed by atoms with Crippen molar-refractivity contribution < 1.29 is 26.7 Å². The minimum Gasteiger partial charge on any atom is -0.483 e. The second-order valence-corrected chi connectivity index (χ2v) is 5.56. The molecule has 0 spiro atoms. The van der Waals surface area contributed by atoms with Gasteiger partial charge in [-0.25, -0.2) is 13.6 Å². The second kappa shape index (κ2) is 6.23. The molecular weight excluding hydrogens is 340 g/mol. The van der Waals surface area contributed by atoms with Gasteiger partial charge in [-0.1, -0.05) is 12.1 Å². The Bertz CT molecular complexity index is 1010. The van der Waals surface area contributed by atoms with Gasteiger partial charge in [0.15, 0.2) is 17.4 Å². The maximum absolute atomic E-state index is 13.7. The van der Waals surface area contributed by atoms with Crippen LogP contribution in [-0.2, 0) is 6.61 Å². The van der Waals surface area contributed by atoms with Crippen molar-refractivity contribution >= 4 is 11.0 Å². The predicted molar refractivity (Wildman–Crippen MR) is 82.6 cm³/mol. The third-order valence-electron chi connectivity index (χ3n) is 3.96. The smallest absolute Gasteiger partial charge is 0.336 e. The van der Waals surface area contributed by atoms with Crippen molar-refractivity contribution in [2.75, 3.05) is 0 Å². The topological polar surface area (TPSA) is 39.4 Å². The van der Waals surface area contributed by atoms with E-state index in [1.807, 2.05) is 6.92 Å². The van der Waals surface area contributed by atoms with E-state index in [1.54, 1.807) is 19.1 Å². The predicted octanol–water partition coefficient (Wildman–Crippen LogP) is 4.55. The van der Waals surface area contributed by atoms with E-state index in [4.69, 9.17) is 9.15 Å². The van der Waals surface area contributed by atoms with Crippen molar-refractivity contribution in [3.8, 4) is 5.75 Å². The average Bonchev–Trinajstić information content (AvgIpc) is 2.56. The quantitative estimate of drug-likeness (QED) is 0.395. The van der Waals surface area contributed by atoms with Gasteiger partial charge in [0, 0.05) is 23.1 Å². The standard InChI is InChI=1S/C18H12F4O3/c1-8-3-4-11-10(5-14(23)25-17(11)9(8)2)7-24-18-15(21)12(19)6-13(20)16(18)22/h3-6H,7H2,1-2H3. The lowest BCUT2D eigenvalue weighted by Crippen LogP contribution is -2.07. The maximum Gasteiger partial charge on any atom is 0.336 e. The Balaban J connectivity index is 2.06. The molecule has 0 atom stereocenters. The molecule has 1 heterocycles. The molecule has 0 unspecified atom stereocenters. The Morgan fingerprint density at radius 2 is 1.64 bits per heavy atom.